The summed E-state index contributed by atoms with van der Waals surface area (Å²) >= 11 is 0. The molecule has 0 bridgehead atoms. The summed E-state index contributed by atoms with van der Waals surface area (Å²) < 4.78 is 69.3. The molecule has 0 aromatic heterocycles. The molecule has 0 fully saturated rings. The van der Waals surface area contributed by atoms with Gasteiger partial charge in [-0.05, 0) is 96.0 Å². The van der Waals surface area contributed by atoms with Crippen LogP contribution >= 0.6 is 0 Å². The standard InChI is InChI=1S/C35H27N7O8S2/c1-20-17-27(15-16-28(20)43)40-37-25-11-7-21(8-12-25)22-9-13-26(14-10-22)39-41-33-29(51(45,46)47)18-23-19-30(52(48,49)50)34(35(44)31(23)32(33)36)42-38-24-5-3-2-4-6-24/h2-19,37-38H,36H2,1H3,(H,45,46,47)(H,48,49,50)/b40-27+,41-39?,42-34+. The number of carbonyl (C=O) groups excluding carboxylic acids is 2. The third-order valence-electron chi connectivity index (χ3n) is 7.75. The van der Waals surface area contributed by atoms with Crippen molar-refractivity contribution in [3.05, 3.63) is 125 Å². The largest absolute Gasteiger partial charge is 0.396 e. The molecule has 6 rings (SSSR count). The van der Waals surface area contributed by atoms with E-state index < -0.39 is 52.9 Å². The van der Waals surface area contributed by atoms with Crippen LogP contribution in [-0.2, 0) is 25.0 Å². The van der Waals surface area contributed by atoms with Crippen LogP contribution in [0.2, 0.25) is 0 Å². The minimum Gasteiger partial charge on any atom is -0.396 e. The van der Waals surface area contributed by atoms with Crippen LogP contribution in [0.4, 0.5) is 28.4 Å². The van der Waals surface area contributed by atoms with Crippen LogP contribution in [0.3, 0.4) is 0 Å². The molecule has 0 saturated carbocycles. The number of allylic oxidation sites excluding steroid dienone is 5. The van der Waals surface area contributed by atoms with Crippen LogP contribution in [-0.4, -0.2) is 48.9 Å². The van der Waals surface area contributed by atoms with E-state index in [2.05, 4.69) is 31.3 Å². The molecule has 0 atom stereocenters. The van der Waals surface area contributed by atoms with E-state index in [9.17, 15) is 35.5 Å². The predicted octanol–water partition coefficient (Wildman–Crippen LogP) is 6.34. The molecular formula is C35H27N7O8S2. The molecule has 17 heteroatoms. The van der Waals surface area contributed by atoms with Crippen molar-refractivity contribution < 1.29 is 35.5 Å². The molecule has 0 unspecified atom stereocenters. The van der Waals surface area contributed by atoms with Gasteiger partial charge in [0.1, 0.15) is 15.5 Å². The number of azo groups is 1. The number of hydrazone groups is 2. The van der Waals surface area contributed by atoms with E-state index in [1.165, 1.54) is 6.08 Å². The number of benzene rings is 4. The molecule has 4 aromatic rings. The number of nitrogens with one attached hydrogen (secondary N) is 2. The van der Waals surface area contributed by atoms with E-state index in [4.69, 9.17) is 5.73 Å². The van der Waals surface area contributed by atoms with Gasteiger partial charge < -0.3 is 5.73 Å². The van der Waals surface area contributed by atoms with Crippen molar-refractivity contribution in [1.82, 2.24) is 0 Å². The maximum atomic E-state index is 13.7. The topological polar surface area (TPSA) is 242 Å². The second-order valence-corrected chi connectivity index (χ2v) is 14.1. The van der Waals surface area contributed by atoms with E-state index >= 15 is 0 Å². The molecule has 0 spiro atoms. The number of nitrogen functional groups attached to an aromatic ring is 1. The van der Waals surface area contributed by atoms with E-state index in [-0.39, 0.29) is 22.6 Å². The van der Waals surface area contributed by atoms with Crippen molar-refractivity contribution in [3.63, 3.8) is 0 Å². The number of hydrogen-bond acceptors (Lipinski definition) is 13. The van der Waals surface area contributed by atoms with Crippen molar-refractivity contribution in [2.24, 2.45) is 20.4 Å². The van der Waals surface area contributed by atoms with Gasteiger partial charge in [0, 0.05) is 0 Å². The average molecular weight is 738 g/mol. The first-order valence-electron chi connectivity index (χ1n) is 15.1. The Morgan fingerprint density at radius 2 is 1.33 bits per heavy atom. The SMILES string of the molecule is CC1=C/C(=N/Nc2ccc(-c3ccc(N=Nc4c(S(=O)(=O)O)cc5c(c4N)C(=O)/C(=N/Nc4ccccc4)C(S(=O)(=O)O)=C5)cc3)cc2)C=CC1=O. The molecule has 0 heterocycles. The lowest BCUT2D eigenvalue weighted by Crippen LogP contribution is -2.28. The van der Waals surface area contributed by atoms with E-state index in [0.29, 0.717) is 22.7 Å². The molecule has 0 aliphatic heterocycles. The third kappa shape index (κ3) is 7.67. The number of nitrogens with two attached hydrogens (primary N) is 1. The molecule has 15 nitrogen and oxygen atoms in total. The number of Topliss-reactive ketones (excluding diaryl/α,β-unsaturated/α-hetero) is 1. The third-order valence-corrected chi connectivity index (χ3v) is 9.48. The van der Waals surface area contributed by atoms with Crippen molar-refractivity contribution in [2.75, 3.05) is 16.6 Å². The number of fused-ring (bicyclic) bond motifs is 1. The highest BCUT2D eigenvalue weighted by molar-refractivity contribution is 7.91. The summed E-state index contributed by atoms with van der Waals surface area (Å²) in [7, 11) is -10.1. The smallest absolute Gasteiger partial charge is 0.296 e. The van der Waals surface area contributed by atoms with Crippen LogP contribution in [0.15, 0.2) is 139 Å². The molecule has 52 heavy (non-hydrogen) atoms. The first kappa shape index (κ1) is 35.4. The lowest BCUT2D eigenvalue weighted by molar-refractivity contribution is -0.111. The van der Waals surface area contributed by atoms with Gasteiger partial charge in [0.25, 0.3) is 20.2 Å². The quantitative estimate of drug-likeness (QED) is 0.0417. The Balaban J connectivity index is 1.28. The molecule has 0 amide bonds. The van der Waals surface area contributed by atoms with Gasteiger partial charge in [-0.1, -0.05) is 42.5 Å². The molecule has 262 valence electrons. The summed E-state index contributed by atoms with van der Waals surface area (Å²) in [4.78, 5) is 23.5. The first-order valence-corrected chi connectivity index (χ1v) is 18.0. The van der Waals surface area contributed by atoms with E-state index in [0.717, 1.165) is 23.3 Å². The highest BCUT2D eigenvalue weighted by atomic mass is 32.2. The number of anilines is 3. The number of rotatable bonds is 9. The van der Waals surface area contributed by atoms with Gasteiger partial charge in [-0.2, -0.15) is 32.2 Å². The predicted molar refractivity (Wildman–Crippen MR) is 197 cm³/mol. The summed E-state index contributed by atoms with van der Waals surface area (Å²) in [5.74, 6) is -1.14. The maximum absolute atomic E-state index is 13.7. The Morgan fingerprint density at radius 1 is 0.712 bits per heavy atom. The summed E-state index contributed by atoms with van der Waals surface area (Å²) in [5.41, 5.74) is 13.4. The average Bonchev–Trinajstić information content (AvgIpc) is 3.11. The van der Waals surface area contributed by atoms with Crippen molar-refractivity contribution in [3.8, 4) is 11.1 Å². The molecular weight excluding hydrogens is 711 g/mol. The zero-order valence-electron chi connectivity index (χ0n) is 26.9. The fourth-order valence-corrected chi connectivity index (χ4v) is 6.46. The number of carbonyl (C=O) groups is 2. The van der Waals surface area contributed by atoms with Crippen molar-refractivity contribution >= 4 is 77.7 Å². The Bertz CT molecular complexity index is 2540. The molecule has 0 radical (unpaired) electrons. The minimum atomic E-state index is -5.06. The van der Waals surface area contributed by atoms with Crippen LogP contribution in [0.5, 0.6) is 0 Å². The molecule has 2 aliphatic carbocycles. The lowest BCUT2D eigenvalue weighted by atomic mass is 9.92. The van der Waals surface area contributed by atoms with E-state index in [1.54, 1.807) is 73.7 Å². The maximum Gasteiger partial charge on any atom is 0.296 e. The van der Waals surface area contributed by atoms with Gasteiger partial charge in [0.15, 0.2) is 11.5 Å². The van der Waals surface area contributed by atoms with Crippen LogP contribution < -0.4 is 16.6 Å². The lowest BCUT2D eigenvalue weighted by Gasteiger charge is -2.20. The number of hydrogen-bond donors (Lipinski definition) is 5. The molecule has 6 N–H and O–H groups in total. The van der Waals surface area contributed by atoms with Crippen molar-refractivity contribution in [1.29, 1.82) is 0 Å². The van der Waals surface area contributed by atoms with Crippen LogP contribution in [0, 0.1) is 0 Å². The fourth-order valence-electron chi connectivity index (χ4n) is 5.13. The van der Waals surface area contributed by atoms with Gasteiger partial charge in [0.05, 0.1) is 34.0 Å². The summed E-state index contributed by atoms with van der Waals surface area (Å²) in [5, 5.41) is 16.2. The van der Waals surface area contributed by atoms with Crippen LogP contribution in [0.25, 0.3) is 17.2 Å². The second-order valence-electron chi connectivity index (χ2n) is 11.3. The van der Waals surface area contributed by atoms with Gasteiger partial charge >= 0.3 is 0 Å². The highest BCUT2D eigenvalue weighted by Crippen LogP contribution is 2.41. The highest BCUT2D eigenvalue weighted by Gasteiger charge is 2.37. The van der Waals surface area contributed by atoms with Gasteiger partial charge in [-0.15, -0.1) is 5.11 Å². The van der Waals surface area contributed by atoms with Gasteiger partial charge in [-0.25, -0.2) is 0 Å². The van der Waals surface area contributed by atoms with Crippen LogP contribution in [0.1, 0.15) is 22.8 Å². The molecule has 0 saturated heterocycles. The Hall–Kier alpha value is -6.40. The summed E-state index contributed by atoms with van der Waals surface area (Å²) in [6, 6.07) is 23.0. The number of para-hydroxylation sites is 1. The van der Waals surface area contributed by atoms with Gasteiger partial charge in [-0.3, -0.25) is 29.5 Å². The van der Waals surface area contributed by atoms with Gasteiger partial charge in [0.2, 0.25) is 5.78 Å². The first-order chi connectivity index (χ1) is 24.7. The molecule has 2 aliphatic rings. The number of nitrogens with zero attached hydrogens (tertiary/aromatic N) is 4. The Morgan fingerprint density at radius 3 is 1.94 bits per heavy atom. The number of ketones is 2. The zero-order chi connectivity index (χ0) is 37.2. The zero-order valence-corrected chi connectivity index (χ0v) is 28.6. The van der Waals surface area contributed by atoms with E-state index in [1.807, 2.05) is 24.3 Å². The van der Waals surface area contributed by atoms with Crippen molar-refractivity contribution in [2.45, 2.75) is 11.8 Å². The Kier molecular flexibility index (Phi) is 9.59. The summed E-state index contributed by atoms with van der Waals surface area (Å²) in [6.07, 6.45) is 5.57. The molecule has 4 aromatic carbocycles. The second kappa shape index (κ2) is 14.1. The normalized spacial score (nSPS) is 16.2. The minimum absolute atomic E-state index is 0.0631. The summed E-state index contributed by atoms with van der Waals surface area (Å²) in [6.45, 7) is 1.71. The monoisotopic (exact) mass is 737 g/mol. The fraction of sp³-hybridized carbons (Fsp3) is 0.0286. The Labute approximate surface area is 297 Å².